The molecule has 0 aliphatic heterocycles. The molecule has 1 heterocycles. The van der Waals surface area contributed by atoms with Crippen LogP contribution in [0.4, 0.5) is 0 Å². The summed E-state index contributed by atoms with van der Waals surface area (Å²) in [7, 11) is 0. The number of carboxylic acid groups (broad SMARTS) is 1. The molecule has 0 aliphatic carbocycles. The number of carbonyl (C=O) groups excluding carboxylic acids is 3. The lowest BCUT2D eigenvalue weighted by Gasteiger charge is -2.16. The van der Waals surface area contributed by atoms with Crippen molar-refractivity contribution in [1.82, 2.24) is 10.6 Å². The summed E-state index contributed by atoms with van der Waals surface area (Å²) in [5, 5.41) is 15.5. The second kappa shape index (κ2) is 8.81. The van der Waals surface area contributed by atoms with Crippen molar-refractivity contribution in [3.63, 3.8) is 0 Å². The number of aliphatic carboxylic acids is 1. The van der Waals surface area contributed by atoms with Crippen molar-refractivity contribution in [3.05, 3.63) is 62.6 Å². The average Bonchev–Trinajstić information content (AvgIpc) is 3.02. The van der Waals surface area contributed by atoms with Crippen molar-refractivity contribution in [2.75, 3.05) is 0 Å². The molecule has 0 unspecified atom stereocenters. The Morgan fingerprint density at radius 1 is 1.12 bits per heavy atom. The second-order valence-corrected chi connectivity index (χ2v) is 6.88. The highest BCUT2D eigenvalue weighted by Crippen LogP contribution is 2.16. The Morgan fingerprint density at radius 3 is 2.31 bits per heavy atom. The smallest absolute Gasteiger partial charge is 0.291 e. The minimum atomic E-state index is -1.44. The molecule has 2 N–H and O–H groups in total. The first-order valence-electron chi connectivity index (χ1n) is 7.32. The molecule has 9 heteroatoms. The quantitative estimate of drug-likeness (QED) is 0.607. The van der Waals surface area contributed by atoms with Gasteiger partial charge in [-0.2, -0.15) is 0 Å². The van der Waals surface area contributed by atoms with Gasteiger partial charge in [-0.15, -0.1) is 0 Å². The summed E-state index contributed by atoms with van der Waals surface area (Å²) < 4.78 is 6.35. The highest BCUT2D eigenvalue weighted by Gasteiger charge is 2.18. The molecular formula is C17H13Br2N2O5-. The van der Waals surface area contributed by atoms with Gasteiger partial charge in [0.15, 0.2) is 10.4 Å². The Hall–Kier alpha value is -2.39. The number of hydrogen-bond donors (Lipinski definition) is 2. The number of amides is 2. The van der Waals surface area contributed by atoms with E-state index in [-0.39, 0.29) is 11.5 Å². The molecule has 0 aliphatic rings. The first kappa shape index (κ1) is 19.9. The van der Waals surface area contributed by atoms with Gasteiger partial charge in [0.05, 0.1) is 12.0 Å². The van der Waals surface area contributed by atoms with Crippen LogP contribution in [0.3, 0.4) is 0 Å². The van der Waals surface area contributed by atoms with Gasteiger partial charge in [0.25, 0.3) is 11.8 Å². The summed E-state index contributed by atoms with van der Waals surface area (Å²) >= 11 is 6.39. The summed E-state index contributed by atoms with van der Waals surface area (Å²) in [6.45, 7) is 1.26. The lowest BCUT2D eigenvalue weighted by molar-refractivity contribution is -0.307. The van der Waals surface area contributed by atoms with Gasteiger partial charge in [-0.1, -0.05) is 28.1 Å². The number of carboxylic acids is 1. The fourth-order valence-electron chi connectivity index (χ4n) is 1.84. The van der Waals surface area contributed by atoms with Gasteiger partial charge in [-0.25, -0.2) is 0 Å². The number of hydrogen-bond acceptors (Lipinski definition) is 5. The first-order valence-corrected chi connectivity index (χ1v) is 8.90. The number of benzene rings is 1. The largest absolute Gasteiger partial charge is 0.548 e. The van der Waals surface area contributed by atoms with E-state index in [0.29, 0.717) is 10.2 Å². The zero-order valence-corrected chi connectivity index (χ0v) is 16.6. The highest BCUT2D eigenvalue weighted by molar-refractivity contribution is 9.10. The third kappa shape index (κ3) is 5.57. The summed E-state index contributed by atoms with van der Waals surface area (Å²) in [5.74, 6) is -2.89. The SMILES string of the molecule is C[C@H](NC(=O)/C(=C/c1ccc(Br)cc1)NC(=O)c1ccc(Br)o1)C(=O)[O-]. The van der Waals surface area contributed by atoms with Gasteiger partial charge in [0, 0.05) is 4.47 Å². The molecule has 136 valence electrons. The molecule has 26 heavy (non-hydrogen) atoms. The maximum atomic E-state index is 12.4. The average molecular weight is 485 g/mol. The van der Waals surface area contributed by atoms with Gasteiger partial charge in [-0.3, -0.25) is 9.59 Å². The van der Waals surface area contributed by atoms with Gasteiger partial charge >= 0.3 is 0 Å². The van der Waals surface area contributed by atoms with Crippen LogP contribution in [0.5, 0.6) is 0 Å². The molecule has 2 amide bonds. The van der Waals surface area contributed by atoms with Gasteiger partial charge in [0.2, 0.25) is 0 Å². The normalized spacial score (nSPS) is 12.3. The van der Waals surface area contributed by atoms with Crippen LogP contribution >= 0.6 is 31.9 Å². The summed E-state index contributed by atoms with van der Waals surface area (Å²) in [6.07, 6.45) is 1.42. The van der Waals surface area contributed by atoms with E-state index in [0.717, 1.165) is 4.47 Å². The van der Waals surface area contributed by atoms with Crippen LogP contribution in [-0.2, 0) is 9.59 Å². The Labute approximate surface area is 165 Å². The van der Waals surface area contributed by atoms with Crippen LogP contribution in [0.25, 0.3) is 6.08 Å². The third-order valence-corrected chi connectivity index (χ3v) is 4.13. The molecule has 0 saturated heterocycles. The Kier molecular flexibility index (Phi) is 6.76. The van der Waals surface area contributed by atoms with E-state index in [2.05, 4.69) is 42.5 Å². The van der Waals surface area contributed by atoms with Gasteiger partial charge in [-0.05, 0) is 58.8 Å². The zero-order valence-electron chi connectivity index (χ0n) is 13.4. The lowest BCUT2D eigenvalue weighted by Crippen LogP contribution is -2.48. The van der Waals surface area contributed by atoms with Crippen molar-refractivity contribution >= 4 is 55.7 Å². The minimum Gasteiger partial charge on any atom is -0.548 e. The van der Waals surface area contributed by atoms with Crippen LogP contribution in [0.1, 0.15) is 23.0 Å². The maximum absolute atomic E-state index is 12.4. The van der Waals surface area contributed by atoms with E-state index in [1.54, 1.807) is 24.3 Å². The molecule has 0 radical (unpaired) electrons. The summed E-state index contributed by atoms with van der Waals surface area (Å²) in [6, 6.07) is 8.69. The number of nitrogens with one attached hydrogen (secondary N) is 2. The van der Waals surface area contributed by atoms with Crippen molar-refractivity contribution in [3.8, 4) is 0 Å². The maximum Gasteiger partial charge on any atom is 0.291 e. The fraction of sp³-hybridized carbons (Fsp3) is 0.118. The Bertz CT molecular complexity index is 858. The van der Waals surface area contributed by atoms with Crippen molar-refractivity contribution in [2.45, 2.75) is 13.0 Å². The number of carbonyl (C=O) groups is 3. The van der Waals surface area contributed by atoms with Gasteiger partial charge < -0.3 is 25.0 Å². The van der Waals surface area contributed by atoms with E-state index in [1.807, 2.05) is 0 Å². The summed E-state index contributed by atoms with van der Waals surface area (Å²) in [5.41, 5.74) is 0.485. The Balaban J connectivity index is 2.28. The van der Waals surface area contributed by atoms with E-state index >= 15 is 0 Å². The van der Waals surface area contributed by atoms with Crippen molar-refractivity contribution in [2.24, 2.45) is 0 Å². The van der Waals surface area contributed by atoms with Crippen molar-refractivity contribution < 1.29 is 23.9 Å². The Morgan fingerprint density at radius 2 is 1.77 bits per heavy atom. The molecule has 2 aromatic rings. The predicted octanol–water partition coefficient (Wildman–Crippen LogP) is 1.83. The highest BCUT2D eigenvalue weighted by atomic mass is 79.9. The topological polar surface area (TPSA) is 111 Å². The monoisotopic (exact) mass is 483 g/mol. The molecule has 0 fully saturated rings. The molecule has 0 bridgehead atoms. The second-order valence-electron chi connectivity index (χ2n) is 5.18. The molecule has 7 nitrogen and oxygen atoms in total. The van der Waals surface area contributed by atoms with Crippen LogP contribution in [0.15, 0.2) is 55.7 Å². The molecular weight excluding hydrogens is 472 g/mol. The standard InChI is InChI=1S/C17H14Br2N2O5/c1-9(17(24)25)20-15(22)12(8-10-2-4-11(18)5-3-10)21-16(23)13-6-7-14(19)26-13/h2-9H,1H3,(H,20,22)(H,21,23)(H,24,25)/p-1/b12-8-/t9-/m0/s1. The van der Waals surface area contributed by atoms with E-state index in [1.165, 1.54) is 25.1 Å². The molecule has 1 aromatic heterocycles. The van der Waals surface area contributed by atoms with Crippen LogP contribution in [-0.4, -0.2) is 23.8 Å². The molecule has 2 rings (SSSR count). The van der Waals surface area contributed by atoms with E-state index < -0.39 is 23.8 Å². The number of furan rings is 1. The molecule has 1 aromatic carbocycles. The fourth-order valence-corrected chi connectivity index (χ4v) is 2.41. The van der Waals surface area contributed by atoms with E-state index in [4.69, 9.17) is 4.42 Å². The number of halogens is 2. The lowest BCUT2D eigenvalue weighted by atomic mass is 10.2. The predicted molar refractivity (Wildman–Crippen MR) is 98.6 cm³/mol. The zero-order chi connectivity index (χ0) is 19.3. The van der Waals surface area contributed by atoms with Crippen LogP contribution < -0.4 is 15.7 Å². The van der Waals surface area contributed by atoms with Crippen molar-refractivity contribution in [1.29, 1.82) is 0 Å². The van der Waals surface area contributed by atoms with Gasteiger partial charge in [0.1, 0.15) is 5.70 Å². The third-order valence-electron chi connectivity index (χ3n) is 3.17. The molecule has 0 spiro atoms. The first-order chi connectivity index (χ1) is 12.3. The molecule has 0 saturated carbocycles. The number of rotatable bonds is 6. The van der Waals surface area contributed by atoms with Crippen LogP contribution in [0, 0.1) is 0 Å². The van der Waals surface area contributed by atoms with E-state index in [9.17, 15) is 19.5 Å². The van der Waals surface area contributed by atoms with Crippen LogP contribution in [0.2, 0.25) is 0 Å². The molecule has 1 atom stereocenters. The summed E-state index contributed by atoms with van der Waals surface area (Å²) in [4.78, 5) is 35.5. The minimum absolute atomic E-state index is 0.0145.